The van der Waals surface area contributed by atoms with E-state index < -0.39 is 0 Å². The van der Waals surface area contributed by atoms with E-state index in [0.717, 1.165) is 21.9 Å². The van der Waals surface area contributed by atoms with Gasteiger partial charge in [-0.15, -0.1) is 22.7 Å². The normalized spacial score (nSPS) is 25.2. The Bertz CT molecular complexity index is 952. The molecule has 4 nitrogen and oxygen atoms in total. The third-order valence-electron chi connectivity index (χ3n) is 5.37. The Morgan fingerprint density at radius 2 is 1.96 bits per heavy atom. The molecule has 1 aliphatic carbocycles. The minimum Gasteiger partial charge on any atom is -0.466 e. The zero-order valence-corrected chi connectivity index (χ0v) is 17.2. The van der Waals surface area contributed by atoms with E-state index in [1.165, 1.54) is 12.0 Å². The SMILES string of the molecule is COC(=O)C1=C(C)N=C2C[C@@H](c3cccs3)CC(=O)C2[C@@H]1c1ccc(C)s1. The molecular weight excluding hydrogens is 378 g/mol. The molecule has 27 heavy (non-hydrogen) atoms. The first-order valence-electron chi connectivity index (χ1n) is 8.98. The fourth-order valence-corrected chi connectivity index (χ4v) is 6.06. The summed E-state index contributed by atoms with van der Waals surface area (Å²) in [7, 11) is 1.38. The molecule has 1 fully saturated rings. The van der Waals surface area contributed by atoms with Crippen LogP contribution in [0.4, 0.5) is 0 Å². The topological polar surface area (TPSA) is 55.7 Å². The number of esters is 1. The van der Waals surface area contributed by atoms with Crippen molar-refractivity contribution in [2.24, 2.45) is 10.9 Å². The highest BCUT2D eigenvalue weighted by Crippen LogP contribution is 2.47. The summed E-state index contributed by atoms with van der Waals surface area (Å²) >= 11 is 3.33. The smallest absolute Gasteiger partial charge is 0.336 e. The van der Waals surface area contributed by atoms with Crippen LogP contribution < -0.4 is 0 Å². The van der Waals surface area contributed by atoms with Gasteiger partial charge >= 0.3 is 5.97 Å². The number of aliphatic imine (C=N–C) groups is 1. The van der Waals surface area contributed by atoms with Crippen LogP contribution >= 0.6 is 22.7 Å². The quantitative estimate of drug-likeness (QED) is 0.692. The first-order chi connectivity index (χ1) is 13.0. The van der Waals surface area contributed by atoms with Crippen molar-refractivity contribution in [2.45, 2.75) is 38.5 Å². The van der Waals surface area contributed by atoms with Gasteiger partial charge in [0.2, 0.25) is 0 Å². The van der Waals surface area contributed by atoms with Crippen LogP contribution in [0.15, 0.2) is 45.9 Å². The van der Waals surface area contributed by atoms with Gasteiger partial charge in [-0.25, -0.2) is 4.79 Å². The molecule has 3 atom stereocenters. The number of aryl methyl sites for hydroxylation is 1. The van der Waals surface area contributed by atoms with Crippen molar-refractivity contribution in [3.8, 4) is 0 Å². The average Bonchev–Trinajstić information content (AvgIpc) is 3.31. The zero-order chi connectivity index (χ0) is 19.1. The van der Waals surface area contributed by atoms with Gasteiger partial charge in [0.15, 0.2) is 0 Å². The Labute approximate surface area is 166 Å². The lowest BCUT2D eigenvalue weighted by atomic mass is 9.68. The second-order valence-corrected chi connectivity index (χ2v) is 9.38. The lowest BCUT2D eigenvalue weighted by Gasteiger charge is -2.37. The Balaban J connectivity index is 1.80. The van der Waals surface area contributed by atoms with Gasteiger partial charge in [-0.2, -0.15) is 0 Å². The summed E-state index contributed by atoms with van der Waals surface area (Å²) in [5.41, 5.74) is 2.10. The summed E-state index contributed by atoms with van der Waals surface area (Å²) in [6.45, 7) is 3.89. The molecule has 0 bridgehead atoms. The molecule has 0 spiro atoms. The number of ketones is 1. The van der Waals surface area contributed by atoms with Gasteiger partial charge in [-0.1, -0.05) is 6.07 Å². The summed E-state index contributed by atoms with van der Waals surface area (Å²) in [6.07, 6.45) is 1.27. The number of allylic oxidation sites excluding steroid dienone is 1. The highest BCUT2D eigenvalue weighted by molar-refractivity contribution is 7.12. The summed E-state index contributed by atoms with van der Waals surface area (Å²) in [5, 5.41) is 2.05. The minimum atomic E-state index is -0.389. The van der Waals surface area contributed by atoms with Gasteiger partial charge in [0, 0.05) is 44.3 Å². The van der Waals surface area contributed by atoms with E-state index in [4.69, 9.17) is 9.73 Å². The maximum atomic E-state index is 13.2. The Morgan fingerprint density at radius 1 is 1.15 bits per heavy atom. The maximum Gasteiger partial charge on any atom is 0.336 e. The first-order valence-corrected chi connectivity index (χ1v) is 10.7. The summed E-state index contributed by atoms with van der Waals surface area (Å²) in [6, 6.07) is 8.19. The van der Waals surface area contributed by atoms with Crippen LogP contribution in [0.3, 0.4) is 0 Å². The van der Waals surface area contributed by atoms with Gasteiger partial charge in [-0.05, 0) is 43.8 Å². The molecule has 1 saturated carbocycles. The van der Waals surface area contributed by atoms with E-state index in [-0.39, 0.29) is 29.5 Å². The van der Waals surface area contributed by atoms with Crippen LogP contribution in [-0.2, 0) is 14.3 Å². The molecule has 1 unspecified atom stereocenters. The lowest BCUT2D eigenvalue weighted by Crippen LogP contribution is -2.40. The number of ether oxygens (including phenoxy) is 1. The van der Waals surface area contributed by atoms with Crippen molar-refractivity contribution in [2.75, 3.05) is 7.11 Å². The van der Waals surface area contributed by atoms with Crippen LogP contribution in [0, 0.1) is 12.8 Å². The number of nitrogens with zero attached hydrogens (tertiary/aromatic N) is 1. The number of carbonyl (C=O) groups is 2. The highest BCUT2D eigenvalue weighted by Gasteiger charge is 2.46. The highest BCUT2D eigenvalue weighted by atomic mass is 32.1. The van der Waals surface area contributed by atoms with Crippen molar-refractivity contribution in [3.63, 3.8) is 0 Å². The standard InChI is InChI=1S/C21H21NO3S2/c1-11-6-7-17(27-11)20-18(21(24)25-3)12(2)22-14-9-13(10-15(23)19(14)20)16-5-4-8-26-16/h4-8,13,19-20H,9-10H2,1-3H3/t13-,19?,20-/m1/s1. The van der Waals surface area contributed by atoms with Gasteiger partial charge in [0.25, 0.3) is 0 Å². The van der Waals surface area contributed by atoms with E-state index in [1.54, 1.807) is 22.7 Å². The second kappa shape index (κ2) is 7.17. The summed E-state index contributed by atoms with van der Waals surface area (Å²) in [4.78, 5) is 33.9. The molecule has 1 aliphatic heterocycles. The van der Waals surface area contributed by atoms with Gasteiger partial charge in [0.1, 0.15) is 5.78 Å². The van der Waals surface area contributed by atoms with Crippen LogP contribution in [0.2, 0.25) is 0 Å². The van der Waals surface area contributed by atoms with E-state index >= 15 is 0 Å². The third-order valence-corrected chi connectivity index (χ3v) is 7.49. The third kappa shape index (κ3) is 3.21. The van der Waals surface area contributed by atoms with Crippen molar-refractivity contribution in [1.29, 1.82) is 0 Å². The Morgan fingerprint density at radius 3 is 2.59 bits per heavy atom. The number of hydrogen-bond acceptors (Lipinski definition) is 6. The van der Waals surface area contributed by atoms with E-state index in [0.29, 0.717) is 17.7 Å². The molecule has 4 rings (SSSR count). The molecule has 3 heterocycles. The van der Waals surface area contributed by atoms with Crippen LogP contribution in [0.1, 0.15) is 46.2 Å². The molecular formula is C21H21NO3S2. The summed E-state index contributed by atoms with van der Waals surface area (Å²) < 4.78 is 5.04. The first kappa shape index (κ1) is 18.3. The molecule has 2 aromatic rings. The predicted octanol–water partition coefficient (Wildman–Crippen LogP) is 4.87. The zero-order valence-electron chi connectivity index (χ0n) is 15.5. The molecule has 0 N–H and O–H groups in total. The number of methoxy groups -OCH3 is 1. The molecule has 6 heteroatoms. The monoisotopic (exact) mass is 399 g/mol. The number of rotatable bonds is 3. The second-order valence-electron chi connectivity index (χ2n) is 7.08. The fraction of sp³-hybridized carbons (Fsp3) is 0.381. The van der Waals surface area contributed by atoms with Crippen molar-refractivity contribution in [3.05, 3.63) is 55.5 Å². The van der Waals surface area contributed by atoms with Crippen LogP contribution in [0.5, 0.6) is 0 Å². The largest absolute Gasteiger partial charge is 0.466 e. The molecule has 0 amide bonds. The van der Waals surface area contributed by atoms with Crippen LogP contribution in [-0.4, -0.2) is 24.6 Å². The molecule has 0 radical (unpaired) electrons. The number of fused-ring (bicyclic) bond motifs is 1. The van der Waals surface area contributed by atoms with Crippen molar-refractivity contribution >= 4 is 40.1 Å². The number of Topliss-reactive ketones (excluding diaryl/α,β-unsaturated/α-hetero) is 1. The van der Waals surface area contributed by atoms with Gasteiger partial charge in [-0.3, -0.25) is 9.79 Å². The molecule has 2 aliphatic rings. The molecule has 2 aromatic heterocycles. The summed E-state index contributed by atoms with van der Waals surface area (Å²) in [5.74, 6) is -0.689. The number of carbonyl (C=O) groups excluding carboxylic acids is 2. The Kier molecular flexibility index (Phi) is 4.86. The van der Waals surface area contributed by atoms with Gasteiger partial charge < -0.3 is 4.74 Å². The lowest BCUT2D eigenvalue weighted by molar-refractivity contribution is -0.136. The van der Waals surface area contributed by atoms with Crippen molar-refractivity contribution < 1.29 is 14.3 Å². The van der Waals surface area contributed by atoms with Gasteiger partial charge in [0.05, 0.1) is 18.6 Å². The minimum absolute atomic E-state index is 0.170. The number of thiophene rings is 2. The van der Waals surface area contributed by atoms with Crippen LogP contribution in [0.25, 0.3) is 0 Å². The molecule has 140 valence electrons. The number of hydrogen-bond donors (Lipinski definition) is 0. The average molecular weight is 400 g/mol. The van der Waals surface area contributed by atoms with E-state index in [9.17, 15) is 9.59 Å². The fourth-order valence-electron chi connectivity index (χ4n) is 4.20. The molecule has 0 aromatic carbocycles. The van der Waals surface area contributed by atoms with E-state index in [1.807, 2.05) is 37.4 Å². The van der Waals surface area contributed by atoms with Crippen molar-refractivity contribution in [1.82, 2.24) is 0 Å². The van der Waals surface area contributed by atoms with E-state index in [2.05, 4.69) is 6.07 Å². The molecule has 0 saturated heterocycles. The predicted molar refractivity (Wildman–Crippen MR) is 109 cm³/mol. The Hall–Kier alpha value is -2.05. The maximum absolute atomic E-state index is 13.2.